The highest BCUT2D eigenvalue weighted by atomic mass is 16.5. The largest absolute Gasteiger partial charge is 0.508 e. The minimum absolute atomic E-state index is 0.0280. The summed E-state index contributed by atoms with van der Waals surface area (Å²) in [5.74, 6) is 0.249. The average molecular weight is 292 g/mol. The minimum Gasteiger partial charge on any atom is -0.508 e. The third kappa shape index (κ3) is 5.02. The maximum absolute atomic E-state index is 12.1. The third-order valence-corrected chi connectivity index (χ3v) is 3.75. The molecule has 1 aliphatic heterocycles. The van der Waals surface area contributed by atoms with Gasteiger partial charge in [-0.2, -0.15) is 0 Å². The summed E-state index contributed by atoms with van der Waals surface area (Å²) in [7, 11) is 2.00. The Hall–Kier alpha value is -1.59. The fraction of sp³-hybridized carbons (Fsp3) is 0.562. The first-order valence-corrected chi connectivity index (χ1v) is 7.43. The zero-order valence-electron chi connectivity index (χ0n) is 12.7. The van der Waals surface area contributed by atoms with Crippen molar-refractivity contribution in [3.8, 4) is 5.75 Å². The van der Waals surface area contributed by atoms with E-state index in [2.05, 4.69) is 10.2 Å². The van der Waals surface area contributed by atoms with Crippen LogP contribution < -0.4 is 5.32 Å². The van der Waals surface area contributed by atoms with Crippen LogP contribution in [-0.4, -0.2) is 54.8 Å². The molecular weight excluding hydrogens is 268 g/mol. The summed E-state index contributed by atoms with van der Waals surface area (Å²) >= 11 is 0. The van der Waals surface area contributed by atoms with E-state index in [1.165, 1.54) is 0 Å². The Bertz CT molecular complexity index is 461. The number of ether oxygens (including phenoxy) is 1. The van der Waals surface area contributed by atoms with Crippen LogP contribution in [0.4, 0.5) is 0 Å². The molecule has 0 aliphatic carbocycles. The molecule has 2 rings (SSSR count). The number of carbonyl (C=O) groups excluding carboxylic acids is 1. The molecule has 5 nitrogen and oxygen atoms in total. The number of hydrogen-bond donors (Lipinski definition) is 2. The van der Waals surface area contributed by atoms with Crippen LogP contribution in [0.25, 0.3) is 0 Å². The first-order valence-electron chi connectivity index (χ1n) is 7.43. The Balaban J connectivity index is 1.74. The van der Waals surface area contributed by atoms with Gasteiger partial charge in [0.2, 0.25) is 0 Å². The van der Waals surface area contributed by atoms with Crippen LogP contribution >= 0.6 is 0 Å². The molecular formula is C16H24N2O3. The third-order valence-electron chi connectivity index (χ3n) is 3.75. The number of morpholine rings is 1. The van der Waals surface area contributed by atoms with E-state index in [0.29, 0.717) is 13.2 Å². The summed E-state index contributed by atoms with van der Waals surface area (Å²) < 4.78 is 5.51. The summed E-state index contributed by atoms with van der Waals surface area (Å²) in [5, 5.41) is 12.3. The Labute approximate surface area is 125 Å². The summed E-state index contributed by atoms with van der Waals surface area (Å²) in [4.78, 5) is 14.2. The molecule has 116 valence electrons. The molecule has 1 fully saturated rings. The van der Waals surface area contributed by atoms with Gasteiger partial charge in [-0.05, 0) is 44.5 Å². The number of phenols is 1. The zero-order valence-corrected chi connectivity index (χ0v) is 12.7. The van der Waals surface area contributed by atoms with Gasteiger partial charge in [-0.3, -0.25) is 4.79 Å². The van der Waals surface area contributed by atoms with Gasteiger partial charge in [-0.25, -0.2) is 0 Å². The predicted octanol–water partition coefficient (Wildman–Crippen LogP) is 1.16. The SMILES string of the molecule is C[C@H](CCc1ccc(O)cc1)NC(=O)[C@@H]1CN(C)CCO1. The molecule has 2 atom stereocenters. The lowest BCUT2D eigenvalue weighted by atomic mass is 10.1. The van der Waals surface area contributed by atoms with Crippen molar-refractivity contribution in [2.75, 3.05) is 26.7 Å². The number of aryl methyl sites for hydroxylation is 1. The van der Waals surface area contributed by atoms with E-state index >= 15 is 0 Å². The molecule has 1 heterocycles. The van der Waals surface area contributed by atoms with Gasteiger partial charge in [-0.15, -0.1) is 0 Å². The quantitative estimate of drug-likeness (QED) is 0.855. The number of nitrogens with zero attached hydrogens (tertiary/aromatic N) is 1. The van der Waals surface area contributed by atoms with Crippen molar-refractivity contribution in [3.05, 3.63) is 29.8 Å². The second-order valence-electron chi connectivity index (χ2n) is 5.74. The Kier molecular flexibility index (Phi) is 5.59. The molecule has 0 unspecified atom stereocenters. The van der Waals surface area contributed by atoms with Crippen LogP contribution in [0, 0.1) is 0 Å². The van der Waals surface area contributed by atoms with Crippen LogP contribution in [-0.2, 0) is 16.0 Å². The van der Waals surface area contributed by atoms with Crippen molar-refractivity contribution in [2.45, 2.75) is 31.9 Å². The number of rotatable bonds is 5. The summed E-state index contributed by atoms with van der Waals surface area (Å²) in [6, 6.07) is 7.28. The first kappa shape index (κ1) is 15.8. The normalized spacial score (nSPS) is 21.0. The molecule has 0 spiro atoms. The molecule has 0 saturated carbocycles. The standard InChI is InChI=1S/C16H24N2O3/c1-12(3-4-13-5-7-14(19)8-6-13)17-16(20)15-11-18(2)9-10-21-15/h5-8,12,15,19H,3-4,9-11H2,1-2H3,(H,17,20)/t12-,15+/m1/s1. The van der Waals surface area contributed by atoms with Crippen LogP contribution in [0.1, 0.15) is 18.9 Å². The topological polar surface area (TPSA) is 61.8 Å². The highest BCUT2D eigenvalue weighted by Gasteiger charge is 2.25. The second kappa shape index (κ2) is 7.43. The van der Waals surface area contributed by atoms with Gasteiger partial charge < -0.3 is 20.1 Å². The number of phenolic OH excluding ortho intramolecular Hbond substituents is 1. The van der Waals surface area contributed by atoms with Crippen LogP contribution in [0.15, 0.2) is 24.3 Å². The second-order valence-corrected chi connectivity index (χ2v) is 5.74. The Morgan fingerprint density at radius 2 is 2.19 bits per heavy atom. The molecule has 1 aliphatic rings. The fourth-order valence-corrected chi connectivity index (χ4v) is 2.39. The van der Waals surface area contributed by atoms with Crippen molar-refractivity contribution in [1.29, 1.82) is 0 Å². The van der Waals surface area contributed by atoms with Crippen molar-refractivity contribution in [1.82, 2.24) is 10.2 Å². The van der Waals surface area contributed by atoms with E-state index in [9.17, 15) is 9.90 Å². The predicted molar refractivity (Wildman–Crippen MR) is 81.3 cm³/mol. The summed E-state index contributed by atoms with van der Waals surface area (Å²) in [6.45, 7) is 4.14. The molecule has 2 N–H and O–H groups in total. The number of carbonyl (C=O) groups is 1. The van der Waals surface area contributed by atoms with E-state index < -0.39 is 0 Å². The van der Waals surface area contributed by atoms with Gasteiger partial charge in [0.05, 0.1) is 6.61 Å². The highest BCUT2D eigenvalue weighted by molar-refractivity contribution is 5.81. The van der Waals surface area contributed by atoms with Gasteiger partial charge in [0, 0.05) is 19.1 Å². The van der Waals surface area contributed by atoms with Gasteiger partial charge in [0.15, 0.2) is 0 Å². The number of benzene rings is 1. The van der Waals surface area contributed by atoms with E-state index in [4.69, 9.17) is 4.74 Å². The van der Waals surface area contributed by atoms with Crippen molar-refractivity contribution in [3.63, 3.8) is 0 Å². The Morgan fingerprint density at radius 1 is 1.48 bits per heavy atom. The lowest BCUT2D eigenvalue weighted by Crippen LogP contribution is -2.50. The molecule has 1 aromatic carbocycles. The lowest BCUT2D eigenvalue weighted by Gasteiger charge is -2.30. The van der Waals surface area contributed by atoms with Gasteiger partial charge in [-0.1, -0.05) is 12.1 Å². The number of likely N-dealkylation sites (N-methyl/N-ethyl adjacent to an activating group) is 1. The average Bonchev–Trinajstić information content (AvgIpc) is 2.46. The molecule has 1 aromatic rings. The zero-order chi connectivity index (χ0) is 15.2. The molecule has 0 bridgehead atoms. The van der Waals surface area contributed by atoms with Gasteiger partial charge >= 0.3 is 0 Å². The van der Waals surface area contributed by atoms with Crippen molar-refractivity contribution >= 4 is 5.91 Å². The van der Waals surface area contributed by atoms with E-state index in [-0.39, 0.29) is 23.8 Å². The molecule has 21 heavy (non-hydrogen) atoms. The van der Waals surface area contributed by atoms with Crippen molar-refractivity contribution in [2.24, 2.45) is 0 Å². The number of nitrogens with one attached hydrogen (secondary N) is 1. The maximum atomic E-state index is 12.1. The van der Waals surface area contributed by atoms with Crippen molar-refractivity contribution < 1.29 is 14.6 Å². The number of aromatic hydroxyl groups is 1. The van der Waals surface area contributed by atoms with Crippen LogP contribution in [0.3, 0.4) is 0 Å². The smallest absolute Gasteiger partial charge is 0.250 e. The summed E-state index contributed by atoms with van der Waals surface area (Å²) in [5.41, 5.74) is 1.16. The van der Waals surface area contributed by atoms with E-state index in [1.54, 1.807) is 12.1 Å². The fourth-order valence-electron chi connectivity index (χ4n) is 2.39. The monoisotopic (exact) mass is 292 g/mol. The van der Waals surface area contributed by atoms with Gasteiger partial charge in [0.1, 0.15) is 11.9 Å². The molecule has 0 aromatic heterocycles. The molecule has 0 radical (unpaired) electrons. The highest BCUT2D eigenvalue weighted by Crippen LogP contribution is 2.12. The van der Waals surface area contributed by atoms with Crippen LogP contribution in [0.5, 0.6) is 5.75 Å². The van der Waals surface area contributed by atoms with Crippen LogP contribution in [0.2, 0.25) is 0 Å². The number of amides is 1. The minimum atomic E-state index is -0.361. The maximum Gasteiger partial charge on any atom is 0.250 e. The van der Waals surface area contributed by atoms with Gasteiger partial charge in [0.25, 0.3) is 5.91 Å². The summed E-state index contributed by atoms with van der Waals surface area (Å²) in [6.07, 6.45) is 1.37. The molecule has 1 amide bonds. The lowest BCUT2D eigenvalue weighted by molar-refractivity contribution is -0.138. The van der Waals surface area contributed by atoms with E-state index in [0.717, 1.165) is 24.9 Å². The molecule has 5 heteroatoms. The first-order chi connectivity index (χ1) is 10.0. The number of hydrogen-bond acceptors (Lipinski definition) is 4. The van der Waals surface area contributed by atoms with E-state index in [1.807, 2.05) is 26.1 Å². The molecule has 1 saturated heterocycles. The Morgan fingerprint density at radius 3 is 2.86 bits per heavy atom.